The van der Waals surface area contributed by atoms with E-state index in [9.17, 15) is 14.7 Å². The molecule has 52 heavy (non-hydrogen) atoms. The minimum Gasteiger partial charge on any atom is -1.00 e. The molecule has 5 fully saturated rings. The Morgan fingerprint density at radius 1 is 0.923 bits per heavy atom. The van der Waals surface area contributed by atoms with Crippen molar-refractivity contribution in [3.05, 3.63) is 7.35 Å². The maximum Gasteiger partial charge on any atom is 2.00 e. The fourth-order valence-corrected chi connectivity index (χ4v) is 3.17. The van der Waals surface area contributed by atoms with E-state index < -0.39 is 73.3 Å². The third-order valence-electron chi connectivity index (χ3n) is 6.76. The van der Waals surface area contributed by atoms with Crippen LogP contribution in [0, 0.1) is 18.7 Å². The summed E-state index contributed by atoms with van der Waals surface area (Å²) in [6.45, 7) is -2.49. The number of halogens is 5. The van der Waals surface area contributed by atoms with Gasteiger partial charge in [0.2, 0.25) is 5.91 Å². The zero-order valence-electron chi connectivity index (χ0n) is 45.0. The number of aliphatic hydroxyl groups is 1. The van der Waals surface area contributed by atoms with Crippen molar-refractivity contribution in [3.8, 4) is 6.07 Å². The molecule has 0 atom stereocenters. The molecule has 0 spiro atoms. The summed E-state index contributed by atoms with van der Waals surface area (Å²) < 4.78 is 138. The monoisotopic (exact) mass is 987 g/mol. The Kier molecular flexibility index (Phi) is 29.7. The van der Waals surface area contributed by atoms with Gasteiger partial charge in [0.15, 0.2) is 0 Å². The number of alkyl halides is 2. The van der Waals surface area contributed by atoms with Crippen LogP contribution in [0.2, 0.25) is 0 Å². The minimum atomic E-state index is -4.67. The van der Waals surface area contributed by atoms with Gasteiger partial charge in [0, 0.05) is 59.1 Å². The standard InChI is InChI=1S/C7H12ClNO.2C5H11N.C5H10O.C4H6O.C4H10O.C2H2ClN.CH3.2ClH.HI.Mg.H2O4S/c1-7(3-2-4-7)9-6(10)5-8;3*1-5(6)3-2-4-5;5-4-2-1-3-4;1-3-5-4-2;3-1-2-4;;;;;;1-5(2,3)4/h2-5H2,1H3,(H,9,10);2*2-4,6H2,1H3;6H,2-4H2,1H3;1-3H2;3-4H2,1-2H3;1H2;1H3;3*1H;;(H2,1,2,3,4)/q;;;;;;;-1;;;;+2;/p-1/i4*1D3;;;;1D3;;;;;. The van der Waals surface area contributed by atoms with E-state index in [1.807, 2.05) is 13.8 Å². The van der Waals surface area contributed by atoms with Gasteiger partial charge in [-0.05, 0) is 125 Å². The number of carbonyl (C=O) groups is 2. The number of nitrogens with zero attached hydrogens (tertiary/aromatic N) is 1. The number of nitrogens with one attached hydrogen (secondary N) is 1. The van der Waals surface area contributed by atoms with Crippen LogP contribution in [0.15, 0.2) is 0 Å². The summed E-state index contributed by atoms with van der Waals surface area (Å²) in [5.41, 5.74) is 7.01. The summed E-state index contributed by atoms with van der Waals surface area (Å²) in [6, 6.07) is 1.70. The van der Waals surface area contributed by atoms with Crippen molar-refractivity contribution in [2.24, 2.45) is 11.5 Å². The zero-order chi connectivity index (χ0) is 50.8. The Bertz CT molecular complexity index is 1350. The summed E-state index contributed by atoms with van der Waals surface area (Å²) >= 11 is 10.1. The van der Waals surface area contributed by atoms with Gasteiger partial charge < -0.3 is 58.0 Å². The molecule has 0 bridgehead atoms. The van der Waals surface area contributed by atoms with E-state index in [1.165, 1.54) is 0 Å². The molecule has 12 nitrogen and oxygen atoms in total. The summed E-state index contributed by atoms with van der Waals surface area (Å²) in [5, 5.41) is 19.2. The summed E-state index contributed by atoms with van der Waals surface area (Å²) in [4.78, 5) is 20.9. The molecule has 0 radical (unpaired) electrons. The molecule has 5 aliphatic rings. The Balaban J connectivity index is -0.0000000994. The molecular weight excluding hydrogens is 905 g/mol. The smallest absolute Gasteiger partial charge is 1.00 e. The van der Waals surface area contributed by atoms with Crippen LogP contribution in [0.1, 0.15) is 158 Å². The van der Waals surface area contributed by atoms with Crippen LogP contribution in [-0.4, -0.2) is 105 Å². The van der Waals surface area contributed by atoms with Gasteiger partial charge in [-0.2, -0.15) is 13.7 Å². The number of amides is 1. The number of hydrogen-bond acceptors (Lipinski definition) is 9. The molecule has 5 aliphatic carbocycles. The van der Waals surface area contributed by atoms with Gasteiger partial charge in [-0.3, -0.25) is 18.7 Å². The molecule has 0 aromatic heterocycles. The van der Waals surface area contributed by atoms with Crippen LogP contribution in [0.25, 0.3) is 0 Å². The van der Waals surface area contributed by atoms with Gasteiger partial charge in [0.1, 0.15) is 17.5 Å². The fourth-order valence-electron chi connectivity index (χ4n) is 3.11. The van der Waals surface area contributed by atoms with Crippen LogP contribution < -0.4 is 40.8 Å². The SMILES string of the molecule is CCOCC.Cl.Cl.N#CCCl.O=C1CCC1.O=S(=O)(O)O.[2H]C([2H])([2H])C1(N)CCC1.[2H]C([2H])([2H])C1(N)CCC1.[2H]C([2H])([2H])C1(NC(=O)CCl)CCC1.[2H]C([2H])([2H])C1(O)CCC1.[2H][C-]([2H])[2H].[I-].[Mg+2]. The molecule has 0 aromatic rings. The van der Waals surface area contributed by atoms with Crippen LogP contribution >= 0.6 is 48.0 Å². The summed E-state index contributed by atoms with van der Waals surface area (Å²) in [7, 11) is -5.50. The Labute approximate surface area is 392 Å². The Hall–Kier alpha value is 0.996. The number of hydrogen-bond donors (Lipinski definition) is 6. The second-order valence-electron chi connectivity index (χ2n) is 11.4. The first kappa shape index (κ1) is 39.8. The van der Waals surface area contributed by atoms with Crippen molar-refractivity contribution in [1.82, 2.24) is 5.32 Å². The third-order valence-corrected chi connectivity index (χ3v) is 7.12. The zero-order valence-corrected chi connectivity index (χ0v) is 37.5. The molecule has 8 N–H and O–H groups in total. The maximum atomic E-state index is 11.0. The molecule has 1 amide bonds. The van der Waals surface area contributed by atoms with Crippen LogP contribution in [0.3, 0.4) is 0 Å². The topological polar surface area (TPSA) is 226 Å². The Morgan fingerprint density at radius 2 is 1.27 bits per heavy atom. The molecule has 312 valence electrons. The van der Waals surface area contributed by atoms with E-state index in [0.717, 1.165) is 58.2 Å². The Morgan fingerprint density at radius 3 is 1.33 bits per heavy atom. The van der Waals surface area contributed by atoms with Crippen molar-refractivity contribution >= 4 is 93.2 Å². The first-order chi connectivity index (χ1) is 28.2. The van der Waals surface area contributed by atoms with Crippen molar-refractivity contribution in [3.63, 3.8) is 0 Å². The molecule has 19 heteroatoms. The minimum absolute atomic E-state index is 0. The number of ketones is 1. The first-order valence-corrected chi connectivity index (χ1v) is 17.9. The van der Waals surface area contributed by atoms with Gasteiger partial charge >= 0.3 is 33.5 Å². The maximum absolute atomic E-state index is 11.0. The number of carbonyl (C=O) groups excluding carboxylic acids is 2. The molecule has 0 aromatic carbocycles. The summed E-state index contributed by atoms with van der Waals surface area (Å²) in [6.07, 6.45) is 11.0. The van der Waals surface area contributed by atoms with Crippen molar-refractivity contribution in [2.75, 3.05) is 25.0 Å². The number of rotatable bonds is 4. The van der Waals surface area contributed by atoms with Crippen molar-refractivity contribution < 1.29 is 81.5 Å². The van der Waals surface area contributed by atoms with Gasteiger partial charge in [-0.25, -0.2) is 4.11 Å². The van der Waals surface area contributed by atoms with Gasteiger partial charge in [-0.15, -0.1) is 48.0 Å². The molecule has 5 saturated carbocycles. The number of nitrogens with two attached hydrogens (primary N) is 2. The third kappa shape index (κ3) is 53.1. The van der Waals surface area contributed by atoms with E-state index in [-0.39, 0.29) is 83.6 Å². The fraction of sp³-hybridized carbons (Fsp3) is 0.879. The summed E-state index contributed by atoms with van der Waals surface area (Å²) in [5.74, 6) is -0.0554. The van der Waals surface area contributed by atoms with Crippen LogP contribution in [0.5, 0.6) is 0 Å². The number of nitriles is 1. The van der Waals surface area contributed by atoms with E-state index in [2.05, 4.69) is 5.32 Å². The van der Waals surface area contributed by atoms with E-state index in [0.29, 0.717) is 57.1 Å². The van der Waals surface area contributed by atoms with Gasteiger partial charge in [0.05, 0.1) is 11.7 Å². The quantitative estimate of drug-likeness (QED) is 0.0782. The van der Waals surface area contributed by atoms with E-state index >= 15 is 0 Å². The predicted octanol–water partition coefficient (Wildman–Crippen LogP) is 3.78. The normalized spacial score (nSPS) is 23.7. The number of Topliss-reactive ketones (excluding diaryl/α,β-unsaturated/α-hetero) is 1. The predicted molar refractivity (Wildman–Crippen MR) is 217 cm³/mol. The van der Waals surface area contributed by atoms with Gasteiger partial charge in [0.25, 0.3) is 0 Å². The molecular formula is C33H69Cl4IMgN4O8S. The van der Waals surface area contributed by atoms with E-state index in [1.54, 1.807) is 6.07 Å². The second kappa shape index (κ2) is 38.9. The first-order valence-electron chi connectivity index (χ1n) is 22.9. The molecule has 5 rings (SSSR count). The molecule has 0 saturated heterocycles. The average Bonchev–Trinajstić information content (AvgIpc) is 3.04. The molecule has 0 heterocycles. The van der Waals surface area contributed by atoms with Crippen LogP contribution in [0.4, 0.5) is 0 Å². The second-order valence-corrected chi connectivity index (χ2v) is 12.9. The van der Waals surface area contributed by atoms with Gasteiger partial charge in [-0.1, -0.05) is 0 Å². The van der Waals surface area contributed by atoms with Crippen LogP contribution in [-0.2, 0) is 24.7 Å². The number of ether oxygens (including phenoxy) is 1. The van der Waals surface area contributed by atoms with Crippen molar-refractivity contribution in [1.29, 1.82) is 5.26 Å². The molecule has 0 aliphatic heterocycles. The largest absolute Gasteiger partial charge is 2.00 e. The molecule has 0 unspecified atom stereocenters. The average molecular weight is 990 g/mol. The van der Waals surface area contributed by atoms with Crippen molar-refractivity contribution in [2.45, 2.75) is 160 Å². The van der Waals surface area contributed by atoms with E-state index in [4.69, 9.17) is 82.8 Å².